The average molecular weight is 379 g/mol. The standard InChI is InChI=1S/C7H16N2O.2C4H9.2CH4.Y/c1-5(2)8-7(10)9-6(3)4;2*1-4(2)3;;;/h5-6H,1-4H3,(H2,8,9,10);2*4H,1H2,2-3H3;2*1H4;/q;2*-1;;;. The fraction of sp³-hybridized carbons (Fsp3) is 0.824. The molecule has 0 rings (SSSR count). The van der Waals surface area contributed by atoms with E-state index in [1.54, 1.807) is 0 Å². The first-order valence-corrected chi connectivity index (χ1v) is 6.72. The van der Waals surface area contributed by atoms with E-state index in [4.69, 9.17) is 0 Å². The number of carbonyl (C=O) groups is 1. The van der Waals surface area contributed by atoms with E-state index in [9.17, 15) is 4.79 Å². The number of carbonyl (C=O) groups excluding carboxylic acids is 1. The monoisotopic (exact) mass is 379 g/mol. The van der Waals surface area contributed by atoms with Crippen LogP contribution in [-0.2, 0) is 32.7 Å². The van der Waals surface area contributed by atoms with Gasteiger partial charge in [0, 0.05) is 44.8 Å². The van der Waals surface area contributed by atoms with Crippen molar-refractivity contribution < 1.29 is 37.5 Å². The first-order valence-electron chi connectivity index (χ1n) is 6.72. The van der Waals surface area contributed by atoms with Crippen LogP contribution in [0.3, 0.4) is 0 Å². The predicted octanol–water partition coefficient (Wildman–Crippen LogP) is 5.33. The summed E-state index contributed by atoms with van der Waals surface area (Å²) in [5.41, 5.74) is 0. The van der Waals surface area contributed by atoms with E-state index in [2.05, 4.69) is 52.2 Å². The van der Waals surface area contributed by atoms with Gasteiger partial charge in [0.25, 0.3) is 0 Å². The minimum absolute atomic E-state index is 0. The summed E-state index contributed by atoms with van der Waals surface area (Å²) >= 11 is 0. The maximum atomic E-state index is 10.8. The molecule has 2 N–H and O–H groups in total. The topological polar surface area (TPSA) is 41.1 Å². The molecule has 0 aromatic heterocycles. The average Bonchev–Trinajstić information content (AvgIpc) is 1.96. The molecule has 4 heteroatoms. The van der Waals surface area contributed by atoms with Crippen LogP contribution in [0.4, 0.5) is 4.79 Å². The third kappa shape index (κ3) is 98.1. The SMILES string of the molecule is C.C.CC(C)NC(=O)NC(C)C.[CH2-]C(C)C.[CH2-]C(C)C.[Y]. The molecular weight excluding hydrogens is 337 g/mol. The molecular formula is C17H42N2OY-2. The second-order valence-corrected chi connectivity index (χ2v) is 5.71. The Kier molecular flexibility index (Phi) is 45.3. The third-order valence-electron chi connectivity index (χ3n) is 0.840. The van der Waals surface area contributed by atoms with Crippen LogP contribution in [0.1, 0.15) is 70.2 Å². The maximum absolute atomic E-state index is 10.8. The third-order valence-corrected chi connectivity index (χ3v) is 0.840. The molecule has 0 aliphatic heterocycles. The van der Waals surface area contributed by atoms with E-state index in [0.29, 0.717) is 11.8 Å². The molecule has 0 bridgehead atoms. The van der Waals surface area contributed by atoms with Crippen molar-refractivity contribution >= 4 is 6.03 Å². The smallest absolute Gasteiger partial charge is 0.315 e. The molecule has 0 aliphatic carbocycles. The summed E-state index contributed by atoms with van der Waals surface area (Å²) in [7, 11) is 0. The number of hydrogen-bond donors (Lipinski definition) is 2. The van der Waals surface area contributed by atoms with Gasteiger partial charge in [0.05, 0.1) is 0 Å². The molecule has 0 saturated carbocycles. The summed E-state index contributed by atoms with van der Waals surface area (Å²) in [6, 6.07) is 0.322. The van der Waals surface area contributed by atoms with E-state index in [1.165, 1.54) is 0 Å². The normalized spacial score (nSPS) is 8.29. The summed E-state index contributed by atoms with van der Waals surface area (Å²) in [4.78, 5) is 10.8. The van der Waals surface area contributed by atoms with Crippen molar-refractivity contribution in [1.29, 1.82) is 0 Å². The number of amides is 2. The van der Waals surface area contributed by atoms with Gasteiger partial charge in [0.1, 0.15) is 0 Å². The van der Waals surface area contributed by atoms with E-state index < -0.39 is 0 Å². The molecule has 2 amide bonds. The van der Waals surface area contributed by atoms with Crippen molar-refractivity contribution in [3.63, 3.8) is 0 Å². The van der Waals surface area contributed by atoms with Crippen molar-refractivity contribution in [3.8, 4) is 0 Å². The zero-order chi connectivity index (χ0) is 15.3. The van der Waals surface area contributed by atoms with Crippen molar-refractivity contribution in [3.05, 3.63) is 13.8 Å². The van der Waals surface area contributed by atoms with Gasteiger partial charge in [-0.05, 0) is 27.7 Å². The molecule has 1 radical (unpaired) electrons. The summed E-state index contributed by atoms with van der Waals surface area (Å²) in [6.45, 7) is 23.2. The summed E-state index contributed by atoms with van der Waals surface area (Å²) in [5, 5.41) is 5.45. The van der Waals surface area contributed by atoms with Crippen LogP contribution < -0.4 is 10.6 Å². The molecule has 0 fully saturated rings. The molecule has 0 heterocycles. The van der Waals surface area contributed by atoms with Crippen LogP contribution in [-0.4, -0.2) is 18.1 Å². The van der Waals surface area contributed by atoms with Gasteiger partial charge >= 0.3 is 6.03 Å². The Morgan fingerprint density at radius 1 is 0.714 bits per heavy atom. The zero-order valence-corrected chi connectivity index (χ0v) is 17.0. The first kappa shape index (κ1) is 37.5. The second-order valence-electron chi connectivity index (χ2n) is 5.71. The van der Waals surface area contributed by atoms with Crippen LogP contribution in [0.2, 0.25) is 0 Å². The van der Waals surface area contributed by atoms with Gasteiger partial charge in [0.15, 0.2) is 0 Å². The van der Waals surface area contributed by atoms with Crippen molar-refractivity contribution in [1.82, 2.24) is 10.6 Å². The zero-order valence-electron chi connectivity index (χ0n) is 14.2. The predicted molar refractivity (Wildman–Crippen MR) is 95.8 cm³/mol. The number of rotatable bonds is 2. The van der Waals surface area contributed by atoms with E-state index in [0.717, 1.165) is 0 Å². The molecule has 0 spiro atoms. The Morgan fingerprint density at radius 3 is 0.952 bits per heavy atom. The van der Waals surface area contributed by atoms with Gasteiger partial charge < -0.3 is 24.5 Å². The second kappa shape index (κ2) is 25.3. The minimum atomic E-state index is -0.0926. The number of urea groups is 1. The van der Waals surface area contributed by atoms with E-state index in [-0.39, 0.29) is 65.7 Å². The van der Waals surface area contributed by atoms with Crippen molar-refractivity contribution in [2.45, 2.75) is 82.3 Å². The van der Waals surface area contributed by atoms with Crippen LogP contribution in [0.5, 0.6) is 0 Å². The fourth-order valence-corrected chi connectivity index (χ4v) is 0.566. The molecule has 0 saturated heterocycles. The van der Waals surface area contributed by atoms with E-state index in [1.807, 2.05) is 27.7 Å². The Morgan fingerprint density at radius 2 is 0.857 bits per heavy atom. The van der Waals surface area contributed by atoms with Crippen molar-refractivity contribution in [2.75, 3.05) is 0 Å². The van der Waals surface area contributed by atoms with Gasteiger partial charge in [-0.2, -0.15) is 11.8 Å². The van der Waals surface area contributed by atoms with Crippen LogP contribution >= 0.6 is 0 Å². The Hall–Kier alpha value is 0.374. The largest absolute Gasteiger partial charge is 0.341 e. The molecule has 0 aromatic carbocycles. The Balaban J connectivity index is -0.0000000439. The Labute approximate surface area is 161 Å². The molecule has 0 aromatic rings. The first-order chi connectivity index (χ1) is 7.98. The molecule has 3 nitrogen and oxygen atoms in total. The molecule has 0 unspecified atom stereocenters. The van der Waals surface area contributed by atoms with Crippen LogP contribution in [0.25, 0.3) is 0 Å². The van der Waals surface area contributed by atoms with Gasteiger partial charge in [-0.25, -0.2) is 4.79 Å². The molecule has 21 heavy (non-hydrogen) atoms. The number of nitrogens with one attached hydrogen (secondary N) is 2. The maximum Gasteiger partial charge on any atom is 0.315 e. The molecule has 0 aliphatic rings. The van der Waals surface area contributed by atoms with Crippen LogP contribution in [0.15, 0.2) is 0 Å². The van der Waals surface area contributed by atoms with Gasteiger partial charge in [-0.3, -0.25) is 0 Å². The van der Waals surface area contributed by atoms with Crippen LogP contribution in [0, 0.1) is 25.7 Å². The quantitative estimate of drug-likeness (QED) is 0.626. The summed E-state index contributed by atoms with van der Waals surface area (Å²) in [5.74, 6) is 1.17. The number of hydrogen-bond acceptors (Lipinski definition) is 1. The van der Waals surface area contributed by atoms with Gasteiger partial charge in [-0.15, -0.1) is 0 Å². The molecule has 131 valence electrons. The summed E-state index contributed by atoms with van der Waals surface area (Å²) < 4.78 is 0. The minimum Gasteiger partial charge on any atom is -0.341 e. The van der Waals surface area contributed by atoms with Gasteiger partial charge in [0.2, 0.25) is 0 Å². The fourth-order valence-electron chi connectivity index (χ4n) is 0.566. The van der Waals surface area contributed by atoms with E-state index >= 15 is 0 Å². The van der Waals surface area contributed by atoms with Gasteiger partial charge in [-0.1, -0.05) is 42.5 Å². The Bertz CT molecular complexity index is 158. The van der Waals surface area contributed by atoms with Crippen molar-refractivity contribution in [2.24, 2.45) is 11.8 Å². The summed E-state index contributed by atoms with van der Waals surface area (Å²) in [6.07, 6.45) is 0. The molecule has 0 atom stereocenters.